The first-order valence-electron chi connectivity index (χ1n) is 7.17. The van der Waals surface area contributed by atoms with Crippen molar-refractivity contribution in [1.29, 1.82) is 0 Å². The van der Waals surface area contributed by atoms with Gasteiger partial charge in [0.25, 0.3) is 0 Å². The van der Waals surface area contributed by atoms with E-state index < -0.39 is 0 Å². The second-order valence-electron chi connectivity index (χ2n) is 5.21. The summed E-state index contributed by atoms with van der Waals surface area (Å²) in [4.78, 5) is 0. The predicted octanol–water partition coefficient (Wildman–Crippen LogP) is 3.93. The van der Waals surface area contributed by atoms with Crippen LogP contribution >= 0.6 is 0 Å². The van der Waals surface area contributed by atoms with Crippen LogP contribution in [0.5, 0.6) is 5.75 Å². The van der Waals surface area contributed by atoms with Crippen molar-refractivity contribution in [2.75, 3.05) is 6.61 Å². The van der Waals surface area contributed by atoms with E-state index in [0.717, 1.165) is 38.0 Å². The van der Waals surface area contributed by atoms with Crippen molar-refractivity contribution in [3.8, 4) is 5.75 Å². The molecule has 2 heteroatoms. The van der Waals surface area contributed by atoms with Crippen LogP contribution in [0.4, 0.5) is 0 Å². The number of benzene rings is 1. The van der Waals surface area contributed by atoms with E-state index in [4.69, 9.17) is 10.5 Å². The van der Waals surface area contributed by atoms with Gasteiger partial charge < -0.3 is 10.5 Å². The number of aryl methyl sites for hydroxylation is 2. The van der Waals surface area contributed by atoms with Gasteiger partial charge in [-0.1, -0.05) is 25.1 Å². The third-order valence-corrected chi connectivity index (χ3v) is 3.34. The van der Waals surface area contributed by atoms with Crippen molar-refractivity contribution < 1.29 is 4.74 Å². The molecule has 0 aliphatic heterocycles. The zero-order chi connectivity index (χ0) is 14.3. The fourth-order valence-corrected chi connectivity index (χ4v) is 2.23. The third-order valence-electron chi connectivity index (χ3n) is 3.34. The maximum atomic E-state index is 6.02. The van der Waals surface area contributed by atoms with Crippen molar-refractivity contribution in [2.24, 2.45) is 5.73 Å². The molecule has 0 fully saturated rings. The first-order valence-corrected chi connectivity index (χ1v) is 7.17. The van der Waals surface area contributed by atoms with Gasteiger partial charge in [0.15, 0.2) is 0 Å². The second-order valence-corrected chi connectivity index (χ2v) is 5.21. The van der Waals surface area contributed by atoms with Crippen LogP contribution in [-0.2, 0) is 6.42 Å². The first-order chi connectivity index (χ1) is 9.08. The minimum atomic E-state index is 0.248. The minimum absolute atomic E-state index is 0.248. The van der Waals surface area contributed by atoms with Gasteiger partial charge in [0.2, 0.25) is 0 Å². The van der Waals surface area contributed by atoms with Gasteiger partial charge in [-0.05, 0) is 56.2 Å². The average Bonchev–Trinajstić information content (AvgIpc) is 2.37. The van der Waals surface area contributed by atoms with Crippen LogP contribution in [0.1, 0.15) is 42.9 Å². The van der Waals surface area contributed by atoms with Gasteiger partial charge in [0.1, 0.15) is 5.75 Å². The highest BCUT2D eigenvalue weighted by molar-refractivity contribution is 5.43. The Morgan fingerprint density at radius 1 is 1.32 bits per heavy atom. The molecule has 0 heterocycles. The Kier molecular flexibility index (Phi) is 6.65. The molecule has 106 valence electrons. The molecule has 0 aliphatic carbocycles. The Labute approximate surface area is 117 Å². The quantitative estimate of drug-likeness (QED) is 0.568. The maximum Gasteiger partial charge on any atom is 0.125 e. The van der Waals surface area contributed by atoms with Gasteiger partial charge in [-0.3, -0.25) is 0 Å². The van der Waals surface area contributed by atoms with Crippen molar-refractivity contribution in [1.82, 2.24) is 0 Å². The lowest BCUT2D eigenvalue weighted by molar-refractivity contribution is 0.308. The zero-order valence-electron chi connectivity index (χ0n) is 12.5. The fourth-order valence-electron chi connectivity index (χ4n) is 2.23. The lowest BCUT2D eigenvalue weighted by Gasteiger charge is -2.15. The number of unbranched alkanes of at least 4 members (excludes halogenated alkanes) is 1. The van der Waals surface area contributed by atoms with E-state index in [0.29, 0.717) is 0 Å². The third kappa shape index (κ3) is 5.07. The topological polar surface area (TPSA) is 35.2 Å². The molecule has 0 bridgehead atoms. The summed E-state index contributed by atoms with van der Waals surface area (Å²) in [5.74, 6) is 1.03. The Morgan fingerprint density at radius 3 is 2.47 bits per heavy atom. The van der Waals surface area contributed by atoms with E-state index in [-0.39, 0.29) is 6.04 Å². The van der Waals surface area contributed by atoms with Crippen molar-refractivity contribution in [3.05, 3.63) is 41.5 Å². The molecule has 0 spiro atoms. The van der Waals surface area contributed by atoms with E-state index in [1.54, 1.807) is 0 Å². The van der Waals surface area contributed by atoms with Crippen molar-refractivity contribution >= 4 is 0 Å². The molecule has 1 unspecified atom stereocenters. The predicted molar refractivity (Wildman–Crippen MR) is 82.8 cm³/mol. The largest absolute Gasteiger partial charge is 0.493 e. The van der Waals surface area contributed by atoms with Crippen LogP contribution in [0.3, 0.4) is 0 Å². The Morgan fingerprint density at radius 2 is 1.95 bits per heavy atom. The summed E-state index contributed by atoms with van der Waals surface area (Å²) in [6.45, 7) is 10.8. The second kappa shape index (κ2) is 8.00. The molecule has 0 radical (unpaired) electrons. The molecule has 0 aliphatic rings. The molecule has 2 nitrogen and oxygen atoms in total. The van der Waals surface area contributed by atoms with Crippen LogP contribution in [0.15, 0.2) is 24.8 Å². The Hall–Kier alpha value is -1.28. The molecular weight excluding hydrogens is 234 g/mol. The average molecular weight is 261 g/mol. The molecule has 1 rings (SSSR count). The van der Waals surface area contributed by atoms with Crippen LogP contribution in [0, 0.1) is 13.8 Å². The number of hydrogen-bond donors (Lipinski definition) is 1. The smallest absolute Gasteiger partial charge is 0.125 e. The maximum absolute atomic E-state index is 6.02. The Balaban J connectivity index is 2.71. The number of hydrogen-bond acceptors (Lipinski definition) is 2. The van der Waals surface area contributed by atoms with Crippen LogP contribution in [0.25, 0.3) is 0 Å². The minimum Gasteiger partial charge on any atom is -0.493 e. The standard InChI is InChI=1S/C17H27NO/c1-5-7-8-9-19-17-13(3)10-15(11-14(17)4)12-16(18)6-2/h5,10-11,16H,1,6-9,12,18H2,2-4H3. The lowest BCUT2D eigenvalue weighted by atomic mass is 9.99. The number of allylic oxidation sites excluding steroid dienone is 1. The van der Waals surface area contributed by atoms with Gasteiger partial charge >= 0.3 is 0 Å². The molecule has 0 saturated carbocycles. The summed E-state index contributed by atoms with van der Waals surface area (Å²) >= 11 is 0. The van der Waals surface area contributed by atoms with Gasteiger partial charge in [-0.2, -0.15) is 0 Å². The van der Waals surface area contributed by atoms with Gasteiger partial charge in [0.05, 0.1) is 6.61 Å². The summed E-state index contributed by atoms with van der Waals surface area (Å²) < 4.78 is 5.88. The summed E-state index contributed by atoms with van der Waals surface area (Å²) in [5.41, 5.74) is 9.74. The molecule has 1 aromatic rings. The summed E-state index contributed by atoms with van der Waals surface area (Å²) in [6, 6.07) is 4.65. The number of rotatable bonds is 8. The molecule has 19 heavy (non-hydrogen) atoms. The molecule has 1 aromatic carbocycles. The van der Waals surface area contributed by atoms with E-state index in [1.165, 1.54) is 16.7 Å². The SMILES string of the molecule is C=CCCCOc1c(C)cc(CC(N)CC)cc1C. The van der Waals surface area contributed by atoms with Gasteiger partial charge in [-0.25, -0.2) is 0 Å². The van der Waals surface area contributed by atoms with Crippen molar-refractivity contribution in [2.45, 2.75) is 52.5 Å². The molecular formula is C17H27NO. The van der Waals surface area contributed by atoms with Gasteiger partial charge in [0, 0.05) is 6.04 Å². The van der Waals surface area contributed by atoms with Crippen LogP contribution in [0.2, 0.25) is 0 Å². The highest BCUT2D eigenvalue weighted by Crippen LogP contribution is 2.25. The van der Waals surface area contributed by atoms with Gasteiger partial charge in [-0.15, -0.1) is 6.58 Å². The first kappa shape index (κ1) is 15.8. The molecule has 0 aromatic heterocycles. The highest BCUT2D eigenvalue weighted by Gasteiger charge is 2.08. The molecule has 2 N–H and O–H groups in total. The van der Waals surface area contributed by atoms with E-state index in [9.17, 15) is 0 Å². The summed E-state index contributed by atoms with van der Waals surface area (Å²) in [5, 5.41) is 0. The summed E-state index contributed by atoms with van der Waals surface area (Å²) in [7, 11) is 0. The van der Waals surface area contributed by atoms with E-state index in [1.807, 2.05) is 6.08 Å². The summed E-state index contributed by atoms with van der Waals surface area (Å²) in [6.07, 6.45) is 5.90. The number of ether oxygens (including phenoxy) is 1. The van der Waals surface area contributed by atoms with E-state index in [2.05, 4.69) is 39.5 Å². The molecule has 1 atom stereocenters. The van der Waals surface area contributed by atoms with Crippen molar-refractivity contribution in [3.63, 3.8) is 0 Å². The highest BCUT2D eigenvalue weighted by atomic mass is 16.5. The number of nitrogens with two attached hydrogens (primary N) is 1. The molecule has 0 saturated heterocycles. The fraction of sp³-hybridized carbons (Fsp3) is 0.529. The van der Waals surface area contributed by atoms with E-state index >= 15 is 0 Å². The molecule has 0 amide bonds. The Bertz CT molecular complexity index is 389. The monoisotopic (exact) mass is 261 g/mol. The van der Waals surface area contributed by atoms with Crippen LogP contribution < -0.4 is 10.5 Å². The normalized spacial score (nSPS) is 12.2. The lowest BCUT2D eigenvalue weighted by Crippen LogP contribution is -2.21. The zero-order valence-corrected chi connectivity index (χ0v) is 12.5. The van der Waals surface area contributed by atoms with Crippen LogP contribution in [-0.4, -0.2) is 12.6 Å².